The molecule has 0 radical (unpaired) electrons. The molecule has 0 fully saturated rings. The largest absolute Gasteiger partial charge is 0.465 e. The average Bonchev–Trinajstić information content (AvgIpc) is 2.55. The predicted octanol–water partition coefficient (Wildman–Crippen LogP) is 2.77. The number of nitrogens with zero attached hydrogens (tertiary/aromatic N) is 2. The lowest BCUT2D eigenvalue weighted by Gasteiger charge is -2.25. The van der Waals surface area contributed by atoms with Crippen LogP contribution in [0.4, 0.5) is 0 Å². The Kier molecular flexibility index (Phi) is 6.85. The van der Waals surface area contributed by atoms with Crippen LogP contribution in [-0.4, -0.2) is 42.0 Å². The van der Waals surface area contributed by atoms with Crippen molar-refractivity contribution in [2.75, 3.05) is 20.2 Å². The summed E-state index contributed by atoms with van der Waals surface area (Å²) in [7, 11) is 1.32. The summed E-state index contributed by atoms with van der Waals surface area (Å²) in [5.41, 5.74) is 0.701. The van der Waals surface area contributed by atoms with E-state index in [1.807, 2.05) is 6.92 Å². The minimum absolute atomic E-state index is 0.0965. The Morgan fingerprint density at radius 2 is 1.90 bits per heavy atom. The van der Waals surface area contributed by atoms with Crippen molar-refractivity contribution in [3.05, 3.63) is 29.6 Å². The predicted molar refractivity (Wildman–Crippen MR) is 81.2 cm³/mol. The maximum absolute atomic E-state index is 12.4. The zero-order valence-corrected chi connectivity index (χ0v) is 13.3. The molecule has 1 aromatic heterocycles. The van der Waals surface area contributed by atoms with Crippen LogP contribution in [0.25, 0.3) is 0 Å². The maximum Gasteiger partial charge on any atom is 0.339 e. The first kappa shape index (κ1) is 17.1. The van der Waals surface area contributed by atoms with Crippen LogP contribution in [0.3, 0.4) is 0 Å². The minimum atomic E-state index is -0.453. The van der Waals surface area contributed by atoms with Gasteiger partial charge in [0.15, 0.2) is 0 Å². The van der Waals surface area contributed by atoms with Crippen LogP contribution in [-0.2, 0) is 4.74 Å². The second-order valence-electron chi connectivity index (χ2n) is 4.95. The molecule has 0 bridgehead atoms. The van der Waals surface area contributed by atoms with E-state index in [4.69, 9.17) is 0 Å². The number of ether oxygens (including phenoxy) is 1. The third-order valence-corrected chi connectivity index (χ3v) is 3.71. The fraction of sp³-hybridized carbons (Fsp3) is 0.562. The van der Waals surface area contributed by atoms with E-state index in [9.17, 15) is 9.59 Å². The monoisotopic (exact) mass is 292 g/mol. The number of carbonyl (C=O) groups is 2. The highest BCUT2D eigenvalue weighted by Crippen LogP contribution is 2.12. The van der Waals surface area contributed by atoms with E-state index in [0.717, 1.165) is 19.4 Å². The Morgan fingerprint density at radius 3 is 2.33 bits per heavy atom. The van der Waals surface area contributed by atoms with Crippen molar-refractivity contribution in [2.45, 2.75) is 33.6 Å². The SMILES string of the molecule is CCC(CC)CN(CC)C(=O)c1ccc(C(=O)OC)cn1. The molecule has 0 spiro atoms. The number of aromatic nitrogens is 1. The van der Waals surface area contributed by atoms with Crippen LogP contribution in [0.2, 0.25) is 0 Å². The van der Waals surface area contributed by atoms with Crippen LogP contribution in [0.1, 0.15) is 54.5 Å². The van der Waals surface area contributed by atoms with Gasteiger partial charge in [-0.05, 0) is 25.0 Å². The Balaban J connectivity index is 2.82. The van der Waals surface area contributed by atoms with Crippen molar-refractivity contribution >= 4 is 11.9 Å². The highest BCUT2D eigenvalue weighted by Gasteiger charge is 2.19. The molecule has 0 aliphatic rings. The molecular weight excluding hydrogens is 268 g/mol. The van der Waals surface area contributed by atoms with E-state index >= 15 is 0 Å². The fourth-order valence-corrected chi connectivity index (χ4v) is 2.14. The molecule has 116 valence electrons. The molecule has 0 unspecified atom stereocenters. The van der Waals surface area contributed by atoms with Crippen molar-refractivity contribution in [1.82, 2.24) is 9.88 Å². The Labute approximate surface area is 126 Å². The van der Waals surface area contributed by atoms with Gasteiger partial charge in [0.1, 0.15) is 5.69 Å². The number of hydrogen-bond donors (Lipinski definition) is 0. The molecule has 0 atom stereocenters. The molecule has 0 aromatic carbocycles. The number of pyridine rings is 1. The van der Waals surface area contributed by atoms with Gasteiger partial charge in [-0.2, -0.15) is 0 Å². The lowest BCUT2D eigenvalue weighted by atomic mass is 10.0. The van der Waals surface area contributed by atoms with Crippen molar-refractivity contribution < 1.29 is 14.3 Å². The molecule has 1 heterocycles. The topological polar surface area (TPSA) is 59.5 Å². The van der Waals surface area contributed by atoms with E-state index in [-0.39, 0.29) is 5.91 Å². The van der Waals surface area contributed by atoms with Gasteiger partial charge in [0.05, 0.1) is 12.7 Å². The third kappa shape index (κ3) is 4.55. The first-order valence-electron chi connectivity index (χ1n) is 7.40. The van der Waals surface area contributed by atoms with E-state index < -0.39 is 5.97 Å². The van der Waals surface area contributed by atoms with Gasteiger partial charge in [-0.1, -0.05) is 26.7 Å². The number of carbonyl (C=O) groups excluding carboxylic acids is 2. The van der Waals surface area contributed by atoms with Crippen LogP contribution < -0.4 is 0 Å². The minimum Gasteiger partial charge on any atom is -0.465 e. The normalized spacial score (nSPS) is 10.5. The molecule has 21 heavy (non-hydrogen) atoms. The molecule has 0 N–H and O–H groups in total. The summed E-state index contributed by atoms with van der Waals surface area (Å²) in [5.74, 6) is -0.0464. The highest BCUT2D eigenvalue weighted by molar-refractivity contribution is 5.94. The van der Waals surface area contributed by atoms with Crippen molar-refractivity contribution in [1.29, 1.82) is 0 Å². The molecule has 1 rings (SSSR count). The summed E-state index contributed by atoms with van der Waals surface area (Å²) in [6.07, 6.45) is 3.48. The molecule has 5 heteroatoms. The second kappa shape index (κ2) is 8.39. The van der Waals surface area contributed by atoms with Gasteiger partial charge in [0.2, 0.25) is 0 Å². The standard InChI is InChI=1S/C16H24N2O3/c1-5-12(6-2)11-18(7-3)15(19)14-9-8-13(10-17-14)16(20)21-4/h8-10,12H,5-7,11H2,1-4H3. The lowest BCUT2D eigenvalue weighted by molar-refractivity contribution is 0.0598. The van der Waals surface area contributed by atoms with Crippen LogP contribution in [0.15, 0.2) is 18.3 Å². The quantitative estimate of drug-likeness (QED) is 0.725. The summed E-state index contributed by atoms with van der Waals surface area (Å²) < 4.78 is 4.61. The van der Waals surface area contributed by atoms with Crippen molar-refractivity contribution in [3.63, 3.8) is 0 Å². The summed E-state index contributed by atoms with van der Waals surface area (Å²) in [5, 5.41) is 0. The number of amides is 1. The number of methoxy groups -OCH3 is 1. The third-order valence-electron chi connectivity index (χ3n) is 3.71. The zero-order valence-electron chi connectivity index (χ0n) is 13.3. The molecular formula is C16H24N2O3. The van der Waals surface area contributed by atoms with Gasteiger partial charge in [-0.25, -0.2) is 4.79 Å². The fourth-order valence-electron chi connectivity index (χ4n) is 2.14. The smallest absolute Gasteiger partial charge is 0.339 e. The molecule has 0 aliphatic carbocycles. The van der Waals surface area contributed by atoms with Crippen molar-refractivity contribution in [3.8, 4) is 0 Å². The van der Waals surface area contributed by atoms with E-state index in [1.54, 1.807) is 17.0 Å². The molecule has 0 aliphatic heterocycles. The summed E-state index contributed by atoms with van der Waals surface area (Å²) in [4.78, 5) is 29.7. The van der Waals surface area contributed by atoms with E-state index in [2.05, 4.69) is 23.6 Å². The summed E-state index contributed by atoms with van der Waals surface area (Å²) >= 11 is 0. The number of hydrogen-bond acceptors (Lipinski definition) is 4. The first-order chi connectivity index (χ1) is 10.1. The second-order valence-corrected chi connectivity index (χ2v) is 4.95. The Morgan fingerprint density at radius 1 is 1.24 bits per heavy atom. The van der Waals surface area contributed by atoms with Gasteiger partial charge >= 0.3 is 5.97 Å². The number of esters is 1. The number of rotatable bonds is 7. The first-order valence-corrected chi connectivity index (χ1v) is 7.40. The highest BCUT2D eigenvalue weighted by atomic mass is 16.5. The van der Waals surface area contributed by atoms with Gasteiger partial charge < -0.3 is 9.64 Å². The van der Waals surface area contributed by atoms with Crippen molar-refractivity contribution in [2.24, 2.45) is 5.92 Å². The molecule has 1 aromatic rings. The summed E-state index contributed by atoms with van der Waals surface area (Å²) in [6.45, 7) is 7.62. The molecule has 5 nitrogen and oxygen atoms in total. The van der Waals surface area contributed by atoms with Crippen LogP contribution in [0.5, 0.6) is 0 Å². The maximum atomic E-state index is 12.4. The molecule has 1 amide bonds. The van der Waals surface area contributed by atoms with E-state index in [0.29, 0.717) is 23.7 Å². The Hall–Kier alpha value is -1.91. The molecule has 0 saturated heterocycles. The Bertz CT molecular complexity index is 467. The summed E-state index contributed by atoms with van der Waals surface area (Å²) in [6, 6.07) is 3.14. The van der Waals surface area contributed by atoms with Crippen LogP contribution in [0, 0.1) is 5.92 Å². The zero-order chi connectivity index (χ0) is 15.8. The van der Waals surface area contributed by atoms with E-state index in [1.165, 1.54) is 13.3 Å². The lowest BCUT2D eigenvalue weighted by Crippen LogP contribution is -2.35. The average molecular weight is 292 g/mol. The molecule has 0 saturated carbocycles. The van der Waals surface area contributed by atoms with Gasteiger partial charge in [0.25, 0.3) is 5.91 Å². The van der Waals surface area contributed by atoms with Gasteiger partial charge in [0, 0.05) is 19.3 Å². The van der Waals surface area contributed by atoms with Crippen LogP contribution >= 0.6 is 0 Å². The van der Waals surface area contributed by atoms with Gasteiger partial charge in [-0.3, -0.25) is 9.78 Å². The van der Waals surface area contributed by atoms with Gasteiger partial charge in [-0.15, -0.1) is 0 Å².